The van der Waals surface area contributed by atoms with Crippen LogP contribution in [0.25, 0.3) is 0 Å². The third kappa shape index (κ3) is 3.70. The van der Waals surface area contributed by atoms with Gasteiger partial charge in [0.05, 0.1) is 12.7 Å². The van der Waals surface area contributed by atoms with Crippen LogP contribution in [0, 0.1) is 5.92 Å². The van der Waals surface area contributed by atoms with Crippen LogP contribution in [-0.4, -0.2) is 54.5 Å². The molecule has 0 aromatic rings. The van der Waals surface area contributed by atoms with Crippen LogP contribution < -0.4 is 5.73 Å². The third-order valence-electron chi connectivity index (χ3n) is 3.35. The lowest BCUT2D eigenvalue weighted by atomic mass is 9.96. The number of hydrogen-bond acceptors (Lipinski definition) is 4. The Labute approximate surface area is 98.8 Å². The minimum atomic E-state index is 0.0234. The van der Waals surface area contributed by atoms with Crippen LogP contribution in [0.5, 0.6) is 0 Å². The molecule has 3 unspecified atom stereocenters. The summed E-state index contributed by atoms with van der Waals surface area (Å²) in [5.74, 6) is 0.386. The smallest absolute Gasteiger partial charge is 0.0674 e. The minimum absolute atomic E-state index is 0.0234. The second kappa shape index (κ2) is 6.55. The maximum atomic E-state index is 9.51. The van der Waals surface area contributed by atoms with Gasteiger partial charge in [-0.15, -0.1) is 0 Å². The van der Waals surface area contributed by atoms with E-state index in [2.05, 4.69) is 25.7 Å². The van der Waals surface area contributed by atoms with Crippen molar-refractivity contribution in [2.45, 2.75) is 45.4 Å². The molecule has 1 rings (SSSR count). The Balaban J connectivity index is 2.62. The summed E-state index contributed by atoms with van der Waals surface area (Å²) in [6, 6.07) is 0.0828. The Morgan fingerprint density at radius 3 is 2.75 bits per heavy atom. The van der Waals surface area contributed by atoms with E-state index in [0.29, 0.717) is 5.92 Å². The Hall–Kier alpha value is -0.160. The highest BCUT2D eigenvalue weighted by molar-refractivity contribution is 4.85. The number of aliphatic hydroxyl groups excluding tert-OH is 1. The lowest BCUT2D eigenvalue weighted by Gasteiger charge is -2.35. The second-order valence-corrected chi connectivity index (χ2v) is 5.10. The average molecular weight is 230 g/mol. The van der Waals surface area contributed by atoms with E-state index in [9.17, 15) is 5.11 Å². The van der Waals surface area contributed by atoms with Crippen molar-refractivity contribution in [1.29, 1.82) is 0 Å². The van der Waals surface area contributed by atoms with Crippen molar-refractivity contribution in [2.75, 3.05) is 26.3 Å². The lowest BCUT2D eigenvalue weighted by Crippen LogP contribution is -2.53. The van der Waals surface area contributed by atoms with E-state index in [1.807, 2.05) is 0 Å². The van der Waals surface area contributed by atoms with Crippen LogP contribution >= 0.6 is 0 Å². The van der Waals surface area contributed by atoms with E-state index in [1.165, 1.54) is 0 Å². The first-order valence-corrected chi connectivity index (χ1v) is 6.28. The van der Waals surface area contributed by atoms with E-state index in [1.54, 1.807) is 0 Å². The number of ether oxygens (including phenoxy) is 1. The molecule has 1 heterocycles. The summed E-state index contributed by atoms with van der Waals surface area (Å²) < 4.78 is 5.60. The molecule has 3 atom stereocenters. The molecule has 1 aliphatic heterocycles. The second-order valence-electron chi connectivity index (χ2n) is 5.10. The van der Waals surface area contributed by atoms with Gasteiger partial charge in [-0.2, -0.15) is 0 Å². The summed E-state index contributed by atoms with van der Waals surface area (Å²) in [5, 5.41) is 9.51. The summed E-state index contributed by atoms with van der Waals surface area (Å²) in [5.41, 5.74) is 6.16. The molecule has 1 aliphatic rings. The topological polar surface area (TPSA) is 58.7 Å². The molecular formula is C12H26N2O2. The molecule has 3 N–H and O–H groups in total. The quantitative estimate of drug-likeness (QED) is 0.736. The Morgan fingerprint density at radius 2 is 2.19 bits per heavy atom. The largest absolute Gasteiger partial charge is 0.395 e. The van der Waals surface area contributed by atoms with Gasteiger partial charge in [0, 0.05) is 31.8 Å². The molecule has 16 heavy (non-hydrogen) atoms. The molecule has 4 nitrogen and oxygen atoms in total. The summed E-state index contributed by atoms with van der Waals surface area (Å²) >= 11 is 0. The van der Waals surface area contributed by atoms with Crippen LogP contribution in [0.1, 0.15) is 27.2 Å². The molecule has 0 aromatic heterocycles. The molecule has 0 bridgehead atoms. The van der Waals surface area contributed by atoms with Crippen molar-refractivity contribution < 1.29 is 9.84 Å². The SMILES string of the molecule is CC1CN(C(CO)C(N)C(C)C)CCCO1. The van der Waals surface area contributed by atoms with Gasteiger partial charge in [0.25, 0.3) is 0 Å². The van der Waals surface area contributed by atoms with Gasteiger partial charge < -0.3 is 15.6 Å². The maximum Gasteiger partial charge on any atom is 0.0674 e. The zero-order chi connectivity index (χ0) is 12.1. The molecule has 96 valence electrons. The maximum absolute atomic E-state index is 9.51. The van der Waals surface area contributed by atoms with Crippen molar-refractivity contribution in [3.63, 3.8) is 0 Å². The van der Waals surface area contributed by atoms with Gasteiger partial charge >= 0.3 is 0 Å². The van der Waals surface area contributed by atoms with E-state index in [-0.39, 0.29) is 24.8 Å². The van der Waals surface area contributed by atoms with Crippen LogP contribution in [0.4, 0.5) is 0 Å². The molecule has 1 fully saturated rings. The molecule has 4 heteroatoms. The first kappa shape index (κ1) is 13.9. The summed E-state index contributed by atoms with van der Waals surface area (Å²) in [6.07, 6.45) is 1.25. The fraction of sp³-hybridized carbons (Fsp3) is 1.00. The molecule has 0 saturated carbocycles. The highest BCUT2D eigenvalue weighted by Gasteiger charge is 2.28. The molecule has 0 aliphatic carbocycles. The van der Waals surface area contributed by atoms with Crippen LogP contribution in [0.2, 0.25) is 0 Å². The Bertz CT molecular complexity index is 199. The zero-order valence-electron chi connectivity index (χ0n) is 10.7. The average Bonchev–Trinajstić information content (AvgIpc) is 2.44. The van der Waals surface area contributed by atoms with Gasteiger partial charge in [-0.1, -0.05) is 13.8 Å². The van der Waals surface area contributed by atoms with Gasteiger partial charge in [-0.25, -0.2) is 0 Å². The molecule has 0 aromatic carbocycles. The fourth-order valence-electron chi connectivity index (χ4n) is 2.25. The number of nitrogens with zero attached hydrogens (tertiary/aromatic N) is 1. The first-order valence-electron chi connectivity index (χ1n) is 6.28. The predicted molar refractivity (Wildman–Crippen MR) is 65.3 cm³/mol. The summed E-state index contributed by atoms with van der Waals surface area (Å²) in [4.78, 5) is 2.28. The predicted octanol–water partition coefficient (Wildman–Crippen LogP) is 0.441. The van der Waals surface area contributed by atoms with Crippen molar-refractivity contribution in [2.24, 2.45) is 11.7 Å². The highest BCUT2D eigenvalue weighted by Crippen LogP contribution is 2.14. The standard InChI is InChI=1S/C12H26N2O2/c1-9(2)12(13)11(8-15)14-5-4-6-16-10(3)7-14/h9-12,15H,4-8,13H2,1-3H3. The van der Waals surface area contributed by atoms with Crippen molar-refractivity contribution in [3.8, 4) is 0 Å². The Kier molecular flexibility index (Phi) is 5.69. The van der Waals surface area contributed by atoms with Crippen molar-refractivity contribution in [3.05, 3.63) is 0 Å². The van der Waals surface area contributed by atoms with Gasteiger partial charge in [-0.3, -0.25) is 4.90 Å². The molecule has 0 spiro atoms. The highest BCUT2D eigenvalue weighted by atomic mass is 16.5. The monoisotopic (exact) mass is 230 g/mol. The van der Waals surface area contributed by atoms with Gasteiger partial charge in [0.1, 0.15) is 0 Å². The lowest BCUT2D eigenvalue weighted by molar-refractivity contribution is 0.0431. The summed E-state index contributed by atoms with van der Waals surface area (Å²) in [6.45, 7) is 9.06. The minimum Gasteiger partial charge on any atom is -0.395 e. The van der Waals surface area contributed by atoms with Gasteiger partial charge in [0.15, 0.2) is 0 Å². The van der Waals surface area contributed by atoms with Crippen LogP contribution in [0.15, 0.2) is 0 Å². The van der Waals surface area contributed by atoms with E-state index < -0.39 is 0 Å². The molecule has 0 radical (unpaired) electrons. The van der Waals surface area contributed by atoms with Gasteiger partial charge in [0.2, 0.25) is 0 Å². The van der Waals surface area contributed by atoms with Crippen molar-refractivity contribution >= 4 is 0 Å². The number of rotatable bonds is 4. The fourth-order valence-corrected chi connectivity index (χ4v) is 2.25. The molecule has 0 amide bonds. The van der Waals surface area contributed by atoms with E-state index in [4.69, 9.17) is 10.5 Å². The summed E-state index contributed by atoms with van der Waals surface area (Å²) in [7, 11) is 0. The van der Waals surface area contributed by atoms with Crippen LogP contribution in [0.3, 0.4) is 0 Å². The van der Waals surface area contributed by atoms with E-state index >= 15 is 0 Å². The number of nitrogens with two attached hydrogens (primary N) is 1. The number of aliphatic hydroxyl groups is 1. The third-order valence-corrected chi connectivity index (χ3v) is 3.35. The number of hydrogen-bond donors (Lipinski definition) is 2. The Morgan fingerprint density at radius 1 is 1.50 bits per heavy atom. The van der Waals surface area contributed by atoms with Crippen molar-refractivity contribution in [1.82, 2.24) is 4.90 Å². The van der Waals surface area contributed by atoms with Crippen LogP contribution in [-0.2, 0) is 4.74 Å². The molecular weight excluding hydrogens is 204 g/mol. The molecule has 1 saturated heterocycles. The van der Waals surface area contributed by atoms with E-state index in [0.717, 1.165) is 26.1 Å². The van der Waals surface area contributed by atoms with Gasteiger partial charge in [-0.05, 0) is 19.3 Å². The first-order chi connectivity index (χ1) is 7.56. The normalized spacial score (nSPS) is 27.8. The zero-order valence-corrected chi connectivity index (χ0v) is 10.7.